The van der Waals surface area contributed by atoms with Gasteiger partial charge in [-0.25, -0.2) is 4.98 Å². The van der Waals surface area contributed by atoms with Crippen LogP contribution in [-0.2, 0) is 13.0 Å². The molecule has 0 spiro atoms. The Hall–Kier alpha value is -1.39. The third-order valence-corrected chi connectivity index (χ3v) is 2.89. The summed E-state index contributed by atoms with van der Waals surface area (Å²) in [7, 11) is 0. The number of aliphatic hydroxyl groups excluding tert-OH is 1. The van der Waals surface area contributed by atoms with Crippen molar-refractivity contribution in [1.82, 2.24) is 9.55 Å². The van der Waals surface area contributed by atoms with Crippen molar-refractivity contribution in [3.8, 4) is 0 Å². The van der Waals surface area contributed by atoms with Gasteiger partial charge in [-0.2, -0.15) is 0 Å². The maximum atomic E-state index is 8.84. The Bertz CT molecular complexity index is 478. The van der Waals surface area contributed by atoms with Gasteiger partial charge in [-0.05, 0) is 31.5 Å². The van der Waals surface area contributed by atoms with Gasteiger partial charge in [-0.1, -0.05) is 12.1 Å². The highest BCUT2D eigenvalue weighted by atomic mass is 16.2. The zero-order valence-corrected chi connectivity index (χ0v) is 9.97. The maximum absolute atomic E-state index is 8.84. The second kappa shape index (κ2) is 5.80. The molecule has 0 aliphatic rings. The average Bonchev–Trinajstić information content (AvgIpc) is 2.69. The summed E-state index contributed by atoms with van der Waals surface area (Å²) in [6.07, 6.45) is 2.59. The average molecular weight is 233 g/mol. The van der Waals surface area contributed by atoms with Gasteiger partial charge in [0.05, 0.1) is 11.0 Å². The number of aromatic nitrogens is 2. The third-order valence-electron chi connectivity index (χ3n) is 2.89. The molecule has 2 aromatic rings. The van der Waals surface area contributed by atoms with Crippen molar-refractivity contribution in [2.75, 3.05) is 13.2 Å². The van der Waals surface area contributed by atoms with E-state index < -0.39 is 0 Å². The molecule has 1 aromatic carbocycles. The fourth-order valence-corrected chi connectivity index (χ4v) is 2.08. The highest BCUT2D eigenvalue weighted by Gasteiger charge is 2.08. The topological polar surface area (TPSA) is 64.1 Å². The summed E-state index contributed by atoms with van der Waals surface area (Å²) in [6, 6.07) is 8.14. The molecule has 0 radical (unpaired) electrons. The Morgan fingerprint density at radius 3 is 2.82 bits per heavy atom. The SMILES string of the molecule is NCCc1nc2ccccc2n1CCCCO. The van der Waals surface area contributed by atoms with E-state index in [9.17, 15) is 0 Å². The van der Waals surface area contributed by atoms with Gasteiger partial charge >= 0.3 is 0 Å². The zero-order chi connectivity index (χ0) is 12.1. The van der Waals surface area contributed by atoms with E-state index in [4.69, 9.17) is 10.8 Å². The van der Waals surface area contributed by atoms with E-state index in [1.807, 2.05) is 18.2 Å². The third kappa shape index (κ3) is 2.65. The standard InChI is InChI=1S/C13H19N3O/c14-8-7-13-15-11-5-1-2-6-12(11)16(13)9-3-4-10-17/h1-2,5-6,17H,3-4,7-10,14H2. The lowest BCUT2D eigenvalue weighted by Crippen LogP contribution is -2.10. The number of aliphatic hydroxyl groups is 1. The molecule has 0 bridgehead atoms. The number of hydrogen-bond donors (Lipinski definition) is 2. The summed E-state index contributed by atoms with van der Waals surface area (Å²) in [5, 5.41) is 8.84. The number of hydrogen-bond acceptors (Lipinski definition) is 3. The first-order valence-electron chi connectivity index (χ1n) is 6.12. The fraction of sp³-hybridized carbons (Fsp3) is 0.462. The number of unbranched alkanes of at least 4 members (excludes halogenated alkanes) is 1. The Kier molecular flexibility index (Phi) is 4.12. The quantitative estimate of drug-likeness (QED) is 0.739. The molecule has 0 saturated carbocycles. The molecular weight excluding hydrogens is 214 g/mol. The Morgan fingerprint density at radius 2 is 2.06 bits per heavy atom. The van der Waals surface area contributed by atoms with Crippen LogP contribution in [-0.4, -0.2) is 27.8 Å². The monoisotopic (exact) mass is 233 g/mol. The van der Waals surface area contributed by atoms with Crippen molar-refractivity contribution in [1.29, 1.82) is 0 Å². The van der Waals surface area contributed by atoms with Crippen LogP contribution in [0, 0.1) is 0 Å². The number of imidazole rings is 1. The van der Waals surface area contributed by atoms with Crippen LogP contribution in [0.15, 0.2) is 24.3 Å². The minimum atomic E-state index is 0.249. The summed E-state index contributed by atoms with van der Waals surface area (Å²) in [5.74, 6) is 1.05. The van der Waals surface area contributed by atoms with E-state index in [-0.39, 0.29) is 6.61 Å². The van der Waals surface area contributed by atoms with E-state index in [0.717, 1.165) is 42.7 Å². The first kappa shape index (κ1) is 12.1. The molecule has 0 saturated heterocycles. The normalized spacial score (nSPS) is 11.2. The molecule has 0 fully saturated rings. The number of para-hydroxylation sites is 2. The molecule has 1 aromatic heterocycles. The number of benzene rings is 1. The molecule has 0 aliphatic heterocycles. The lowest BCUT2D eigenvalue weighted by molar-refractivity contribution is 0.281. The van der Waals surface area contributed by atoms with E-state index >= 15 is 0 Å². The van der Waals surface area contributed by atoms with Gasteiger partial charge in [-0.3, -0.25) is 0 Å². The van der Waals surface area contributed by atoms with Gasteiger partial charge in [0.15, 0.2) is 0 Å². The van der Waals surface area contributed by atoms with Crippen LogP contribution in [0.2, 0.25) is 0 Å². The van der Waals surface area contributed by atoms with Crippen LogP contribution < -0.4 is 5.73 Å². The highest BCUT2D eigenvalue weighted by molar-refractivity contribution is 5.75. The molecule has 4 heteroatoms. The van der Waals surface area contributed by atoms with Gasteiger partial charge in [0.25, 0.3) is 0 Å². The van der Waals surface area contributed by atoms with Crippen LogP contribution in [0.5, 0.6) is 0 Å². The molecule has 17 heavy (non-hydrogen) atoms. The predicted molar refractivity (Wildman–Crippen MR) is 68.8 cm³/mol. The minimum Gasteiger partial charge on any atom is -0.396 e. The molecule has 0 amide bonds. The molecule has 0 unspecified atom stereocenters. The van der Waals surface area contributed by atoms with Crippen LogP contribution in [0.1, 0.15) is 18.7 Å². The predicted octanol–water partition coefficient (Wildman–Crippen LogP) is 1.31. The number of fused-ring (bicyclic) bond motifs is 1. The van der Waals surface area contributed by atoms with Gasteiger partial charge in [0, 0.05) is 19.6 Å². The van der Waals surface area contributed by atoms with Crippen LogP contribution >= 0.6 is 0 Å². The van der Waals surface area contributed by atoms with E-state index in [2.05, 4.69) is 15.6 Å². The molecule has 2 rings (SSSR count). The molecule has 92 valence electrons. The zero-order valence-electron chi connectivity index (χ0n) is 9.97. The smallest absolute Gasteiger partial charge is 0.111 e. The van der Waals surface area contributed by atoms with Crippen molar-refractivity contribution >= 4 is 11.0 Å². The number of rotatable bonds is 6. The molecule has 3 N–H and O–H groups in total. The van der Waals surface area contributed by atoms with Crippen molar-refractivity contribution < 1.29 is 5.11 Å². The lowest BCUT2D eigenvalue weighted by Gasteiger charge is -2.07. The van der Waals surface area contributed by atoms with E-state index in [1.165, 1.54) is 0 Å². The van der Waals surface area contributed by atoms with Gasteiger partial charge in [0.1, 0.15) is 5.82 Å². The summed E-state index contributed by atoms with van der Waals surface area (Å²) in [6.45, 7) is 1.76. The van der Waals surface area contributed by atoms with Gasteiger partial charge in [-0.15, -0.1) is 0 Å². The Balaban J connectivity index is 2.30. The molecule has 4 nitrogen and oxygen atoms in total. The largest absolute Gasteiger partial charge is 0.396 e. The van der Waals surface area contributed by atoms with Crippen LogP contribution in [0.3, 0.4) is 0 Å². The number of aryl methyl sites for hydroxylation is 1. The number of nitrogens with zero attached hydrogens (tertiary/aromatic N) is 2. The second-order valence-corrected chi connectivity index (χ2v) is 4.14. The van der Waals surface area contributed by atoms with E-state index in [0.29, 0.717) is 6.54 Å². The second-order valence-electron chi connectivity index (χ2n) is 4.14. The van der Waals surface area contributed by atoms with Crippen molar-refractivity contribution in [3.63, 3.8) is 0 Å². The fourth-order valence-electron chi connectivity index (χ4n) is 2.08. The Morgan fingerprint density at radius 1 is 1.24 bits per heavy atom. The molecule has 0 atom stereocenters. The van der Waals surface area contributed by atoms with E-state index in [1.54, 1.807) is 0 Å². The highest BCUT2D eigenvalue weighted by Crippen LogP contribution is 2.17. The lowest BCUT2D eigenvalue weighted by atomic mass is 10.3. The molecule has 1 heterocycles. The van der Waals surface area contributed by atoms with Gasteiger partial charge < -0.3 is 15.4 Å². The van der Waals surface area contributed by atoms with Crippen LogP contribution in [0.4, 0.5) is 0 Å². The summed E-state index contributed by atoms with van der Waals surface area (Å²) >= 11 is 0. The first-order chi connectivity index (χ1) is 8.36. The number of nitrogens with two attached hydrogens (primary N) is 1. The summed E-state index contributed by atoms with van der Waals surface area (Å²) in [5.41, 5.74) is 7.80. The van der Waals surface area contributed by atoms with Crippen LogP contribution in [0.25, 0.3) is 11.0 Å². The summed E-state index contributed by atoms with van der Waals surface area (Å²) < 4.78 is 2.22. The Labute approximate surface area is 101 Å². The molecular formula is C13H19N3O. The first-order valence-corrected chi connectivity index (χ1v) is 6.12. The van der Waals surface area contributed by atoms with Crippen molar-refractivity contribution in [2.24, 2.45) is 5.73 Å². The molecule has 0 aliphatic carbocycles. The van der Waals surface area contributed by atoms with Crippen molar-refractivity contribution in [3.05, 3.63) is 30.1 Å². The maximum Gasteiger partial charge on any atom is 0.111 e. The minimum absolute atomic E-state index is 0.249. The summed E-state index contributed by atoms with van der Waals surface area (Å²) in [4.78, 5) is 4.60. The van der Waals surface area contributed by atoms with Crippen molar-refractivity contribution in [2.45, 2.75) is 25.8 Å². The van der Waals surface area contributed by atoms with Gasteiger partial charge in [0.2, 0.25) is 0 Å².